The van der Waals surface area contributed by atoms with Gasteiger partial charge in [-0.15, -0.1) is 0 Å². The Kier molecular flexibility index (Phi) is 4.47. The number of carbonyl (C=O) groups is 3. The van der Waals surface area contributed by atoms with E-state index in [-0.39, 0.29) is 34.5 Å². The number of allylic oxidation sites excluding steroid dienone is 2. The van der Waals surface area contributed by atoms with Crippen molar-refractivity contribution in [2.45, 2.75) is 13.0 Å². The van der Waals surface area contributed by atoms with E-state index < -0.39 is 35.4 Å². The van der Waals surface area contributed by atoms with Crippen LogP contribution >= 0.6 is 11.6 Å². The molecule has 5 rings (SSSR count). The summed E-state index contributed by atoms with van der Waals surface area (Å²) in [5, 5.41) is 2.17. The maximum Gasteiger partial charge on any atom is 0.274 e. The lowest BCUT2D eigenvalue weighted by atomic mass is 9.85. The first kappa shape index (κ1) is 19.0. The second kappa shape index (κ2) is 7.06. The van der Waals surface area contributed by atoms with Gasteiger partial charge in [0.05, 0.1) is 29.0 Å². The van der Waals surface area contributed by atoms with Crippen LogP contribution < -0.4 is 0 Å². The molecule has 0 N–H and O–H groups in total. The highest BCUT2D eigenvalue weighted by Crippen LogP contribution is 2.53. The molecule has 0 aromatic heterocycles. The second-order valence-corrected chi connectivity index (χ2v) is 8.33. The summed E-state index contributed by atoms with van der Waals surface area (Å²) < 4.78 is 14.4. The summed E-state index contributed by atoms with van der Waals surface area (Å²) in [6.45, 7) is -0.254. The molecule has 1 saturated heterocycles. The van der Waals surface area contributed by atoms with Crippen LogP contribution in [0.15, 0.2) is 60.7 Å². The largest absolute Gasteiger partial charge is 0.274 e. The minimum absolute atomic E-state index is 0.00665. The Bertz CT molecular complexity index is 1070. The van der Waals surface area contributed by atoms with E-state index in [1.54, 1.807) is 30.3 Å². The van der Waals surface area contributed by atoms with E-state index in [0.717, 1.165) is 16.4 Å². The normalized spacial score (nSPS) is 26.4. The van der Waals surface area contributed by atoms with E-state index in [2.05, 4.69) is 0 Å². The summed E-state index contributed by atoms with van der Waals surface area (Å²) >= 11 is 6.21. The third-order valence-electron chi connectivity index (χ3n) is 6.31. The second-order valence-electron chi connectivity index (χ2n) is 7.92. The standard InChI is InChI=1S/C23H18ClFN2O3/c24-17-7-3-2-6-16(17)21(28)26(12-15-5-1-4-8-18(15)25)27-22(29)19-13-9-10-14(11-13)20(19)23(27)30/h1-10,13-14,19-20H,11-12H2/t13-,14+,19-,20-/m0/s1. The molecule has 1 aliphatic heterocycles. The summed E-state index contributed by atoms with van der Waals surface area (Å²) in [4.78, 5) is 40.0. The van der Waals surface area contributed by atoms with E-state index in [4.69, 9.17) is 11.6 Å². The van der Waals surface area contributed by atoms with Crippen molar-refractivity contribution in [3.05, 3.63) is 82.6 Å². The zero-order valence-corrected chi connectivity index (χ0v) is 16.6. The van der Waals surface area contributed by atoms with Crippen LogP contribution in [0.3, 0.4) is 0 Å². The highest BCUT2D eigenvalue weighted by Gasteiger charge is 2.61. The quantitative estimate of drug-likeness (QED) is 0.553. The molecule has 3 aliphatic rings. The number of rotatable bonds is 4. The third kappa shape index (κ3) is 2.78. The van der Waals surface area contributed by atoms with Crippen LogP contribution in [0.4, 0.5) is 4.39 Å². The van der Waals surface area contributed by atoms with Gasteiger partial charge in [-0.05, 0) is 36.5 Å². The summed E-state index contributed by atoms with van der Waals surface area (Å²) in [6.07, 6.45) is 4.75. The van der Waals surface area contributed by atoms with Crippen LogP contribution in [0.5, 0.6) is 0 Å². The van der Waals surface area contributed by atoms with E-state index in [0.29, 0.717) is 0 Å². The fraction of sp³-hybridized carbons (Fsp3) is 0.261. The molecule has 152 valence electrons. The lowest BCUT2D eigenvalue weighted by molar-refractivity contribution is -0.156. The van der Waals surface area contributed by atoms with Crippen LogP contribution in [0.25, 0.3) is 0 Å². The lowest BCUT2D eigenvalue weighted by Crippen LogP contribution is -2.50. The number of imide groups is 1. The van der Waals surface area contributed by atoms with Crippen molar-refractivity contribution in [2.24, 2.45) is 23.7 Å². The fourth-order valence-electron chi connectivity index (χ4n) is 4.92. The molecule has 7 heteroatoms. The summed E-state index contributed by atoms with van der Waals surface area (Å²) in [6, 6.07) is 12.4. The number of carbonyl (C=O) groups excluding carboxylic acids is 3. The van der Waals surface area contributed by atoms with Gasteiger partial charge in [-0.25, -0.2) is 9.40 Å². The highest BCUT2D eigenvalue weighted by molar-refractivity contribution is 6.33. The fourth-order valence-corrected chi connectivity index (χ4v) is 5.14. The van der Waals surface area contributed by atoms with Gasteiger partial charge in [0, 0.05) is 5.56 Å². The molecule has 4 atom stereocenters. The zero-order chi connectivity index (χ0) is 21.0. The van der Waals surface area contributed by atoms with Gasteiger partial charge in [0.2, 0.25) is 0 Å². The average molecular weight is 425 g/mol. The molecular weight excluding hydrogens is 407 g/mol. The molecule has 30 heavy (non-hydrogen) atoms. The van der Waals surface area contributed by atoms with Crippen molar-refractivity contribution >= 4 is 29.3 Å². The van der Waals surface area contributed by atoms with Crippen molar-refractivity contribution < 1.29 is 18.8 Å². The van der Waals surface area contributed by atoms with Crippen molar-refractivity contribution in [3.63, 3.8) is 0 Å². The van der Waals surface area contributed by atoms with E-state index in [1.165, 1.54) is 18.2 Å². The van der Waals surface area contributed by atoms with Crippen LogP contribution in [-0.4, -0.2) is 27.7 Å². The van der Waals surface area contributed by atoms with Gasteiger partial charge in [-0.3, -0.25) is 14.4 Å². The summed E-state index contributed by atoms with van der Waals surface area (Å²) in [5.41, 5.74) is 0.353. The number of fused-ring (bicyclic) bond motifs is 5. The molecule has 2 aromatic carbocycles. The van der Waals surface area contributed by atoms with Gasteiger partial charge in [-0.2, -0.15) is 5.01 Å². The van der Waals surface area contributed by atoms with Gasteiger partial charge in [-0.1, -0.05) is 54.1 Å². The molecule has 1 heterocycles. The number of hydrogen-bond acceptors (Lipinski definition) is 3. The van der Waals surface area contributed by atoms with Gasteiger partial charge in [0.25, 0.3) is 17.7 Å². The molecule has 2 bridgehead atoms. The molecule has 2 aliphatic carbocycles. The Morgan fingerprint density at radius 3 is 2.23 bits per heavy atom. The predicted molar refractivity (Wildman–Crippen MR) is 107 cm³/mol. The van der Waals surface area contributed by atoms with E-state index in [9.17, 15) is 18.8 Å². The van der Waals surface area contributed by atoms with Crippen LogP contribution in [0.2, 0.25) is 5.02 Å². The molecule has 1 saturated carbocycles. The van der Waals surface area contributed by atoms with Crippen LogP contribution in [0, 0.1) is 29.5 Å². The van der Waals surface area contributed by atoms with Gasteiger partial charge < -0.3 is 0 Å². The molecule has 2 aromatic rings. The Labute approximate surface area is 177 Å². The molecular formula is C23H18ClFN2O3. The number of nitrogens with zero attached hydrogens (tertiary/aromatic N) is 2. The Morgan fingerprint density at radius 2 is 1.60 bits per heavy atom. The zero-order valence-electron chi connectivity index (χ0n) is 15.9. The average Bonchev–Trinajstić information content (AvgIpc) is 3.42. The Balaban J connectivity index is 1.56. The number of hydrogen-bond donors (Lipinski definition) is 0. The molecule has 3 amide bonds. The topological polar surface area (TPSA) is 57.7 Å². The summed E-state index contributed by atoms with van der Waals surface area (Å²) in [7, 11) is 0. The monoisotopic (exact) mass is 424 g/mol. The highest BCUT2D eigenvalue weighted by atomic mass is 35.5. The molecule has 0 spiro atoms. The third-order valence-corrected chi connectivity index (χ3v) is 6.63. The smallest absolute Gasteiger partial charge is 0.272 e. The first-order chi connectivity index (χ1) is 14.5. The number of amides is 3. The number of halogens is 2. The maximum atomic E-state index is 14.4. The van der Waals surface area contributed by atoms with Crippen molar-refractivity contribution in [1.29, 1.82) is 0 Å². The molecule has 0 unspecified atom stereocenters. The van der Waals surface area contributed by atoms with Crippen molar-refractivity contribution in [3.8, 4) is 0 Å². The molecule has 2 fully saturated rings. The SMILES string of the molecule is O=C(c1ccccc1Cl)N(Cc1ccccc1F)N1C(=O)[C@@H]2[C@@H](C1=O)[C@H]1C=C[C@@H]2C1. The Morgan fingerprint density at radius 1 is 1.00 bits per heavy atom. The maximum absolute atomic E-state index is 14.4. The first-order valence-electron chi connectivity index (χ1n) is 9.83. The minimum Gasteiger partial charge on any atom is -0.272 e. The molecule has 5 nitrogen and oxygen atoms in total. The van der Waals surface area contributed by atoms with Crippen LogP contribution in [-0.2, 0) is 16.1 Å². The summed E-state index contributed by atoms with van der Waals surface area (Å²) in [5.74, 6) is -2.86. The first-order valence-corrected chi connectivity index (χ1v) is 10.2. The molecule has 0 radical (unpaired) electrons. The Hall–Kier alpha value is -2.99. The van der Waals surface area contributed by atoms with E-state index >= 15 is 0 Å². The van der Waals surface area contributed by atoms with Gasteiger partial charge >= 0.3 is 0 Å². The van der Waals surface area contributed by atoms with Crippen molar-refractivity contribution in [1.82, 2.24) is 10.0 Å². The van der Waals surface area contributed by atoms with E-state index in [1.807, 2.05) is 12.2 Å². The number of benzene rings is 2. The van der Waals surface area contributed by atoms with Gasteiger partial charge in [0.1, 0.15) is 5.82 Å². The van der Waals surface area contributed by atoms with Gasteiger partial charge in [0.15, 0.2) is 0 Å². The van der Waals surface area contributed by atoms with Crippen molar-refractivity contribution in [2.75, 3.05) is 0 Å². The minimum atomic E-state index is -0.620. The number of hydrazine groups is 1. The lowest BCUT2D eigenvalue weighted by Gasteiger charge is -2.31. The predicted octanol–water partition coefficient (Wildman–Crippen LogP) is 3.84. The van der Waals surface area contributed by atoms with Crippen LogP contribution in [0.1, 0.15) is 22.3 Å².